The molecule has 24 heavy (non-hydrogen) atoms. The second kappa shape index (κ2) is 7.55. The zero-order valence-electron chi connectivity index (χ0n) is 13.1. The molecular formula is C18H17F3INO. The molecule has 0 aliphatic rings. The Balaban J connectivity index is 2.46. The van der Waals surface area contributed by atoms with Crippen molar-refractivity contribution >= 4 is 28.5 Å². The predicted octanol–water partition coefficient (Wildman–Crippen LogP) is 5.42. The summed E-state index contributed by atoms with van der Waals surface area (Å²) in [5.74, 6) is -0.521. The van der Waals surface area contributed by atoms with Crippen molar-refractivity contribution in [1.82, 2.24) is 0 Å². The highest BCUT2D eigenvalue weighted by Gasteiger charge is 2.30. The van der Waals surface area contributed by atoms with Gasteiger partial charge in [0, 0.05) is 9.13 Å². The molecule has 0 fully saturated rings. The third kappa shape index (κ3) is 4.28. The van der Waals surface area contributed by atoms with Crippen molar-refractivity contribution in [2.45, 2.75) is 32.4 Å². The summed E-state index contributed by atoms with van der Waals surface area (Å²) in [4.78, 5) is 11.8. The fourth-order valence-corrected chi connectivity index (χ4v) is 3.38. The van der Waals surface area contributed by atoms with Gasteiger partial charge < -0.3 is 5.73 Å². The summed E-state index contributed by atoms with van der Waals surface area (Å²) in [6.07, 6.45) is -1.68. The number of unbranched alkanes of at least 4 members (excludes halogenated alkanes) is 1. The Hall–Kier alpha value is -1.57. The van der Waals surface area contributed by atoms with Crippen molar-refractivity contribution in [1.29, 1.82) is 0 Å². The Morgan fingerprint density at radius 3 is 2.25 bits per heavy atom. The molecule has 0 atom stereocenters. The number of carbonyl (C=O) groups excluding carboxylic acids is 1. The van der Waals surface area contributed by atoms with Crippen molar-refractivity contribution < 1.29 is 18.0 Å². The predicted molar refractivity (Wildman–Crippen MR) is 96.7 cm³/mol. The fourth-order valence-electron chi connectivity index (χ4n) is 2.48. The molecule has 1 amide bonds. The zero-order chi connectivity index (χ0) is 17.9. The normalized spacial score (nSPS) is 11.5. The van der Waals surface area contributed by atoms with Crippen molar-refractivity contribution in [2.24, 2.45) is 5.73 Å². The molecule has 0 saturated heterocycles. The molecule has 128 valence electrons. The number of benzene rings is 2. The minimum absolute atomic E-state index is 0.435. The Bertz CT molecular complexity index is 739. The lowest BCUT2D eigenvalue weighted by molar-refractivity contribution is -0.137. The van der Waals surface area contributed by atoms with E-state index in [1.54, 1.807) is 6.07 Å². The molecule has 2 N–H and O–H groups in total. The maximum atomic E-state index is 12.7. The maximum absolute atomic E-state index is 12.7. The van der Waals surface area contributed by atoms with Crippen LogP contribution in [0.1, 0.15) is 41.3 Å². The summed E-state index contributed by atoms with van der Waals surface area (Å²) in [5.41, 5.74) is 7.43. The number of nitrogens with two attached hydrogens (primary N) is 1. The van der Waals surface area contributed by atoms with Crippen LogP contribution in [0, 0.1) is 3.57 Å². The van der Waals surface area contributed by atoms with Gasteiger partial charge in [0.2, 0.25) is 5.91 Å². The van der Waals surface area contributed by atoms with Gasteiger partial charge in [0.25, 0.3) is 0 Å². The highest BCUT2D eigenvalue weighted by molar-refractivity contribution is 14.1. The largest absolute Gasteiger partial charge is 0.416 e. The standard InChI is InChI=1S/C18H17F3INO/c1-2-3-4-14-15(17(23)24)9-12(10-16(14)22)11-5-7-13(8-6-11)18(19,20)21/h5-10H,2-4H2,1H3,(H2,23,24). The molecular weight excluding hydrogens is 430 g/mol. The number of halogens is 4. The van der Waals surface area contributed by atoms with Crippen molar-refractivity contribution in [3.63, 3.8) is 0 Å². The van der Waals surface area contributed by atoms with E-state index >= 15 is 0 Å². The number of primary amides is 1. The number of carbonyl (C=O) groups is 1. The fraction of sp³-hybridized carbons (Fsp3) is 0.278. The first-order valence-electron chi connectivity index (χ1n) is 7.54. The lowest BCUT2D eigenvalue weighted by Gasteiger charge is -2.13. The Labute approximate surface area is 152 Å². The summed E-state index contributed by atoms with van der Waals surface area (Å²) in [6.45, 7) is 2.06. The van der Waals surface area contributed by atoms with Crippen LogP contribution in [0.3, 0.4) is 0 Å². The molecule has 0 heterocycles. The third-order valence-electron chi connectivity index (χ3n) is 3.79. The number of rotatable bonds is 5. The van der Waals surface area contributed by atoms with Crippen LogP contribution in [-0.2, 0) is 12.6 Å². The number of alkyl halides is 3. The van der Waals surface area contributed by atoms with Crippen molar-refractivity contribution in [2.75, 3.05) is 0 Å². The molecule has 0 saturated carbocycles. The van der Waals surface area contributed by atoms with Gasteiger partial charge in [0.05, 0.1) is 5.56 Å². The number of hydrogen-bond acceptors (Lipinski definition) is 1. The smallest absolute Gasteiger partial charge is 0.366 e. The molecule has 6 heteroatoms. The van der Waals surface area contributed by atoms with E-state index in [9.17, 15) is 18.0 Å². The summed E-state index contributed by atoms with van der Waals surface area (Å²) >= 11 is 2.14. The average molecular weight is 447 g/mol. The quantitative estimate of drug-likeness (QED) is 0.612. The number of amides is 1. The average Bonchev–Trinajstić information content (AvgIpc) is 2.52. The van der Waals surface area contributed by atoms with Gasteiger partial charge in [-0.2, -0.15) is 13.2 Å². The Morgan fingerprint density at radius 1 is 1.12 bits per heavy atom. The molecule has 0 aliphatic heterocycles. The summed E-state index contributed by atoms with van der Waals surface area (Å²) < 4.78 is 38.9. The minimum Gasteiger partial charge on any atom is -0.366 e. The molecule has 2 aromatic carbocycles. The van der Waals surface area contributed by atoms with E-state index < -0.39 is 17.6 Å². The van der Waals surface area contributed by atoms with Gasteiger partial charge >= 0.3 is 6.18 Å². The topological polar surface area (TPSA) is 43.1 Å². The van der Waals surface area contributed by atoms with Crippen LogP contribution in [0.15, 0.2) is 36.4 Å². The lowest BCUT2D eigenvalue weighted by Crippen LogP contribution is -2.15. The Morgan fingerprint density at radius 2 is 1.75 bits per heavy atom. The van der Waals surface area contributed by atoms with Crippen molar-refractivity contribution in [3.8, 4) is 11.1 Å². The van der Waals surface area contributed by atoms with Crippen LogP contribution >= 0.6 is 22.6 Å². The molecule has 0 unspecified atom stereocenters. The van der Waals surface area contributed by atoms with E-state index in [1.165, 1.54) is 12.1 Å². The van der Waals surface area contributed by atoms with Gasteiger partial charge in [-0.15, -0.1) is 0 Å². The molecule has 0 radical (unpaired) electrons. The minimum atomic E-state index is -4.37. The third-order valence-corrected chi connectivity index (χ3v) is 4.75. The van der Waals surface area contributed by atoms with Crippen LogP contribution in [0.25, 0.3) is 11.1 Å². The first-order valence-corrected chi connectivity index (χ1v) is 8.61. The van der Waals surface area contributed by atoms with Crippen molar-refractivity contribution in [3.05, 3.63) is 56.7 Å². The molecule has 0 bridgehead atoms. The molecule has 0 aromatic heterocycles. The zero-order valence-corrected chi connectivity index (χ0v) is 15.2. The summed E-state index contributed by atoms with van der Waals surface area (Å²) in [7, 11) is 0. The molecule has 2 nitrogen and oxygen atoms in total. The van der Waals surface area contributed by atoms with E-state index in [2.05, 4.69) is 29.5 Å². The van der Waals surface area contributed by atoms with Gasteiger partial charge in [-0.1, -0.05) is 25.5 Å². The van der Waals surface area contributed by atoms with Crippen LogP contribution in [0.4, 0.5) is 13.2 Å². The Kier molecular flexibility index (Phi) is 5.90. The maximum Gasteiger partial charge on any atom is 0.416 e. The SMILES string of the molecule is CCCCc1c(I)cc(-c2ccc(C(F)(F)F)cc2)cc1C(N)=O. The van der Waals surface area contributed by atoms with Crippen LogP contribution in [0.2, 0.25) is 0 Å². The molecule has 2 rings (SSSR count). The molecule has 2 aromatic rings. The van der Waals surface area contributed by atoms with Gasteiger partial charge in [0.15, 0.2) is 0 Å². The van der Waals surface area contributed by atoms with Crippen LogP contribution < -0.4 is 5.73 Å². The monoisotopic (exact) mass is 447 g/mol. The van der Waals surface area contributed by atoms with Gasteiger partial charge in [-0.3, -0.25) is 4.79 Å². The second-order valence-electron chi connectivity index (χ2n) is 5.53. The van der Waals surface area contributed by atoms with Crippen LogP contribution in [0.5, 0.6) is 0 Å². The van der Waals surface area contributed by atoms with Gasteiger partial charge in [-0.05, 0) is 76.4 Å². The molecule has 0 spiro atoms. The van der Waals surface area contributed by atoms with Gasteiger partial charge in [-0.25, -0.2) is 0 Å². The van der Waals surface area contributed by atoms with Gasteiger partial charge in [0.1, 0.15) is 0 Å². The number of hydrogen-bond donors (Lipinski definition) is 1. The summed E-state index contributed by atoms with van der Waals surface area (Å²) in [5, 5.41) is 0. The molecule has 0 aliphatic carbocycles. The van der Waals surface area contributed by atoms with E-state index in [1.807, 2.05) is 6.07 Å². The van der Waals surface area contributed by atoms with E-state index in [-0.39, 0.29) is 0 Å². The highest BCUT2D eigenvalue weighted by Crippen LogP contribution is 2.32. The van der Waals surface area contributed by atoms with Crippen LogP contribution in [-0.4, -0.2) is 5.91 Å². The highest BCUT2D eigenvalue weighted by atomic mass is 127. The second-order valence-corrected chi connectivity index (χ2v) is 6.69. The van der Waals surface area contributed by atoms with E-state index in [0.717, 1.165) is 40.5 Å². The van der Waals surface area contributed by atoms with E-state index in [4.69, 9.17) is 5.73 Å². The van der Waals surface area contributed by atoms with E-state index in [0.29, 0.717) is 16.7 Å². The lowest BCUT2D eigenvalue weighted by atomic mass is 9.95. The summed E-state index contributed by atoms with van der Waals surface area (Å²) in [6, 6.07) is 8.43. The first-order chi connectivity index (χ1) is 11.2. The first kappa shape index (κ1) is 18.8.